The first kappa shape index (κ1) is 18.8. The Hall–Kier alpha value is -2.53. The Bertz CT molecular complexity index is 759. The van der Waals surface area contributed by atoms with E-state index in [9.17, 15) is 9.59 Å². The molecule has 0 saturated heterocycles. The van der Waals surface area contributed by atoms with Crippen LogP contribution in [0.2, 0.25) is 5.02 Å². The molecule has 0 aliphatic heterocycles. The molecule has 0 fully saturated rings. The molecule has 2 aromatic carbocycles. The number of aryl methyl sites for hydroxylation is 1. The quantitative estimate of drug-likeness (QED) is 0.787. The number of benzene rings is 2. The summed E-state index contributed by atoms with van der Waals surface area (Å²) in [6, 6.07) is 12.0. The maximum absolute atomic E-state index is 12.3. The lowest BCUT2D eigenvalue weighted by Crippen LogP contribution is -2.30. The second-order valence-electron chi connectivity index (χ2n) is 5.43. The van der Waals surface area contributed by atoms with E-state index in [0.717, 1.165) is 12.0 Å². The lowest BCUT2D eigenvalue weighted by Gasteiger charge is -2.15. The van der Waals surface area contributed by atoms with Crippen molar-refractivity contribution in [2.45, 2.75) is 26.4 Å². The molecule has 25 heavy (non-hydrogen) atoms. The van der Waals surface area contributed by atoms with Crippen molar-refractivity contribution in [3.8, 4) is 5.75 Å². The number of ether oxygens (including phenoxy) is 2. The Kier molecular flexibility index (Phi) is 6.42. The van der Waals surface area contributed by atoms with Crippen LogP contribution in [0.3, 0.4) is 0 Å². The highest BCUT2D eigenvalue weighted by Crippen LogP contribution is 2.27. The molecule has 0 radical (unpaired) electrons. The smallest absolute Gasteiger partial charge is 0.338 e. The van der Waals surface area contributed by atoms with Gasteiger partial charge in [0.1, 0.15) is 5.75 Å². The van der Waals surface area contributed by atoms with E-state index >= 15 is 0 Å². The number of amides is 1. The average molecular weight is 362 g/mol. The fourth-order valence-electron chi connectivity index (χ4n) is 2.17. The van der Waals surface area contributed by atoms with Crippen molar-refractivity contribution in [1.82, 2.24) is 0 Å². The number of hydrogen-bond acceptors (Lipinski definition) is 4. The zero-order valence-corrected chi connectivity index (χ0v) is 15.1. The molecule has 0 unspecified atom stereocenters. The van der Waals surface area contributed by atoms with Gasteiger partial charge < -0.3 is 14.8 Å². The molecule has 0 aliphatic carbocycles. The zero-order chi connectivity index (χ0) is 18.4. The second kappa shape index (κ2) is 8.53. The van der Waals surface area contributed by atoms with E-state index in [2.05, 4.69) is 5.32 Å². The first-order chi connectivity index (χ1) is 11.9. The maximum atomic E-state index is 12.3. The molecule has 0 heterocycles. The number of methoxy groups -OCH3 is 1. The summed E-state index contributed by atoms with van der Waals surface area (Å²) >= 11 is 5.93. The highest BCUT2D eigenvalue weighted by molar-refractivity contribution is 6.31. The summed E-state index contributed by atoms with van der Waals surface area (Å²) in [5.41, 5.74) is 1.93. The summed E-state index contributed by atoms with van der Waals surface area (Å²) < 4.78 is 10.4. The molecular formula is C19H20ClNO4. The third-order valence-corrected chi connectivity index (χ3v) is 3.91. The van der Waals surface area contributed by atoms with Crippen LogP contribution in [-0.4, -0.2) is 25.1 Å². The lowest BCUT2D eigenvalue weighted by atomic mass is 10.1. The number of carbonyl (C=O) groups is 2. The van der Waals surface area contributed by atoms with Gasteiger partial charge in [-0.05, 0) is 49.2 Å². The minimum Gasteiger partial charge on any atom is -0.495 e. The van der Waals surface area contributed by atoms with Gasteiger partial charge in [0.2, 0.25) is 0 Å². The highest BCUT2D eigenvalue weighted by Gasteiger charge is 2.20. The van der Waals surface area contributed by atoms with Crippen LogP contribution in [-0.2, 0) is 16.0 Å². The van der Waals surface area contributed by atoms with E-state index in [1.807, 2.05) is 19.1 Å². The molecule has 2 rings (SSSR count). The number of nitrogens with one attached hydrogen (secondary N) is 1. The van der Waals surface area contributed by atoms with E-state index in [4.69, 9.17) is 21.1 Å². The molecule has 5 nitrogen and oxygen atoms in total. The number of hydrogen-bond donors (Lipinski definition) is 1. The van der Waals surface area contributed by atoms with Gasteiger partial charge in [0.25, 0.3) is 5.91 Å². The minimum absolute atomic E-state index is 0.400. The van der Waals surface area contributed by atoms with Crippen LogP contribution >= 0.6 is 11.6 Å². The summed E-state index contributed by atoms with van der Waals surface area (Å²) in [6.07, 6.45) is -0.0858. The molecule has 0 aliphatic rings. The van der Waals surface area contributed by atoms with Crippen LogP contribution in [0.15, 0.2) is 42.5 Å². The third-order valence-electron chi connectivity index (χ3n) is 3.67. The van der Waals surface area contributed by atoms with E-state index in [1.165, 1.54) is 14.0 Å². The lowest BCUT2D eigenvalue weighted by molar-refractivity contribution is -0.123. The van der Waals surface area contributed by atoms with Gasteiger partial charge in [0.05, 0.1) is 18.4 Å². The van der Waals surface area contributed by atoms with Crippen molar-refractivity contribution < 1.29 is 19.1 Å². The summed E-state index contributed by atoms with van der Waals surface area (Å²) in [4.78, 5) is 24.4. The fourth-order valence-corrected chi connectivity index (χ4v) is 2.34. The molecule has 1 amide bonds. The fraction of sp³-hybridized carbons (Fsp3) is 0.263. The van der Waals surface area contributed by atoms with Crippen LogP contribution in [0.1, 0.15) is 29.8 Å². The van der Waals surface area contributed by atoms with Gasteiger partial charge in [-0.15, -0.1) is 0 Å². The van der Waals surface area contributed by atoms with Crippen molar-refractivity contribution >= 4 is 29.2 Å². The van der Waals surface area contributed by atoms with Crippen LogP contribution in [0.5, 0.6) is 5.75 Å². The highest BCUT2D eigenvalue weighted by atomic mass is 35.5. The first-order valence-corrected chi connectivity index (χ1v) is 8.26. The van der Waals surface area contributed by atoms with Gasteiger partial charge in [0.15, 0.2) is 6.10 Å². The molecule has 6 heteroatoms. The largest absolute Gasteiger partial charge is 0.495 e. The Morgan fingerprint density at radius 3 is 2.44 bits per heavy atom. The standard InChI is InChI=1S/C19H20ClNO4/c1-4-13-5-7-14(8-6-13)19(23)25-12(2)18(22)21-16-11-15(20)9-10-17(16)24-3/h5-12H,4H2,1-3H3,(H,21,22)/t12-/m0/s1. The third kappa shape index (κ3) is 4.97. The van der Waals surface area contributed by atoms with Crippen molar-refractivity contribution in [2.24, 2.45) is 0 Å². The van der Waals surface area contributed by atoms with Gasteiger partial charge in [-0.1, -0.05) is 30.7 Å². The van der Waals surface area contributed by atoms with Gasteiger partial charge in [0, 0.05) is 5.02 Å². The Balaban J connectivity index is 2.02. The van der Waals surface area contributed by atoms with E-state index in [-0.39, 0.29) is 0 Å². The monoisotopic (exact) mass is 361 g/mol. The molecular weight excluding hydrogens is 342 g/mol. The van der Waals surface area contributed by atoms with Gasteiger partial charge in [-0.25, -0.2) is 4.79 Å². The van der Waals surface area contributed by atoms with Crippen molar-refractivity contribution in [3.63, 3.8) is 0 Å². The Labute approximate surface area is 151 Å². The van der Waals surface area contributed by atoms with E-state index < -0.39 is 18.0 Å². The predicted molar refractivity (Wildman–Crippen MR) is 97.3 cm³/mol. The molecule has 2 aromatic rings. The molecule has 1 atom stereocenters. The van der Waals surface area contributed by atoms with E-state index in [1.54, 1.807) is 30.3 Å². The van der Waals surface area contributed by atoms with Crippen molar-refractivity contribution in [1.29, 1.82) is 0 Å². The van der Waals surface area contributed by atoms with Crippen LogP contribution in [0, 0.1) is 0 Å². The molecule has 0 spiro atoms. The number of halogens is 1. The summed E-state index contributed by atoms with van der Waals surface area (Å²) in [7, 11) is 1.49. The average Bonchev–Trinajstić information content (AvgIpc) is 2.61. The van der Waals surface area contributed by atoms with Gasteiger partial charge in [-0.3, -0.25) is 4.79 Å². The van der Waals surface area contributed by atoms with Crippen LogP contribution in [0.4, 0.5) is 5.69 Å². The summed E-state index contributed by atoms with van der Waals surface area (Å²) in [6.45, 7) is 3.54. The molecule has 132 valence electrons. The second-order valence-corrected chi connectivity index (χ2v) is 5.87. The van der Waals surface area contributed by atoms with Gasteiger partial charge >= 0.3 is 5.97 Å². The number of carbonyl (C=O) groups excluding carboxylic acids is 2. The number of anilines is 1. The minimum atomic E-state index is -0.970. The van der Waals surface area contributed by atoms with Crippen LogP contribution in [0.25, 0.3) is 0 Å². The van der Waals surface area contributed by atoms with E-state index in [0.29, 0.717) is 22.0 Å². The normalized spacial score (nSPS) is 11.5. The van der Waals surface area contributed by atoms with Crippen molar-refractivity contribution in [2.75, 3.05) is 12.4 Å². The van der Waals surface area contributed by atoms with Crippen molar-refractivity contribution in [3.05, 3.63) is 58.6 Å². The maximum Gasteiger partial charge on any atom is 0.338 e. The van der Waals surface area contributed by atoms with Crippen LogP contribution < -0.4 is 10.1 Å². The molecule has 0 bridgehead atoms. The molecule has 0 saturated carbocycles. The molecule has 1 N–H and O–H groups in total. The SMILES string of the molecule is CCc1ccc(C(=O)O[C@@H](C)C(=O)Nc2cc(Cl)ccc2OC)cc1. The topological polar surface area (TPSA) is 64.6 Å². The Morgan fingerprint density at radius 1 is 1.16 bits per heavy atom. The molecule has 0 aromatic heterocycles. The summed E-state index contributed by atoms with van der Waals surface area (Å²) in [5, 5.41) is 3.11. The number of rotatable bonds is 6. The van der Waals surface area contributed by atoms with Gasteiger partial charge in [-0.2, -0.15) is 0 Å². The summed E-state index contributed by atoms with van der Waals surface area (Å²) in [5.74, 6) is -0.561. The Morgan fingerprint density at radius 2 is 1.84 bits per heavy atom. The number of esters is 1. The zero-order valence-electron chi connectivity index (χ0n) is 14.3. The first-order valence-electron chi connectivity index (χ1n) is 7.89. The predicted octanol–water partition coefficient (Wildman–Crippen LogP) is 4.10.